The summed E-state index contributed by atoms with van der Waals surface area (Å²) in [6, 6.07) is 5.75. The molecule has 3 rings (SSSR count). The molecule has 24 heavy (non-hydrogen) atoms. The number of thioether (sulfide) groups is 1. The molecule has 0 bridgehead atoms. The molecular formula is C16H18BrN3O3S. The molecule has 1 amide bonds. The SMILES string of the molecule is COCCn1c(SCC(=O)NC2CC2)nc2ccc(Br)cc2c1=O. The summed E-state index contributed by atoms with van der Waals surface area (Å²) in [7, 11) is 1.59. The van der Waals surface area contributed by atoms with Crippen LogP contribution in [0.2, 0.25) is 0 Å². The molecule has 0 radical (unpaired) electrons. The van der Waals surface area contributed by atoms with Gasteiger partial charge in [-0.15, -0.1) is 0 Å². The molecule has 0 saturated heterocycles. The number of carbonyl (C=O) groups is 1. The Hall–Kier alpha value is -1.38. The second-order valence-electron chi connectivity index (χ2n) is 5.64. The summed E-state index contributed by atoms with van der Waals surface area (Å²) in [6.45, 7) is 0.806. The molecule has 1 fully saturated rings. The van der Waals surface area contributed by atoms with Crippen LogP contribution in [0.4, 0.5) is 0 Å². The molecule has 0 atom stereocenters. The maximum Gasteiger partial charge on any atom is 0.262 e. The van der Waals surface area contributed by atoms with Crippen LogP contribution in [0.1, 0.15) is 12.8 Å². The van der Waals surface area contributed by atoms with Gasteiger partial charge in [-0.25, -0.2) is 4.98 Å². The number of rotatable bonds is 7. The van der Waals surface area contributed by atoms with Crippen LogP contribution in [0.15, 0.2) is 32.6 Å². The Labute approximate surface area is 152 Å². The normalized spacial score (nSPS) is 14.1. The fourth-order valence-electron chi connectivity index (χ4n) is 2.29. The van der Waals surface area contributed by atoms with E-state index in [0.717, 1.165) is 17.3 Å². The van der Waals surface area contributed by atoms with E-state index < -0.39 is 0 Å². The number of nitrogens with one attached hydrogen (secondary N) is 1. The number of hydrogen-bond donors (Lipinski definition) is 1. The highest BCUT2D eigenvalue weighted by Crippen LogP contribution is 2.22. The highest BCUT2D eigenvalue weighted by molar-refractivity contribution is 9.10. The third-order valence-electron chi connectivity index (χ3n) is 3.68. The van der Waals surface area contributed by atoms with Gasteiger partial charge in [0.2, 0.25) is 5.91 Å². The third kappa shape index (κ3) is 4.17. The lowest BCUT2D eigenvalue weighted by Gasteiger charge is -2.13. The Morgan fingerprint density at radius 2 is 2.29 bits per heavy atom. The minimum Gasteiger partial charge on any atom is -0.383 e. The first kappa shape index (κ1) is 17.4. The molecule has 1 aliphatic carbocycles. The van der Waals surface area contributed by atoms with Gasteiger partial charge in [0.25, 0.3) is 5.56 Å². The second kappa shape index (κ2) is 7.67. The minimum atomic E-state index is -0.122. The molecule has 0 aliphatic heterocycles. The molecule has 6 nitrogen and oxygen atoms in total. The van der Waals surface area contributed by atoms with E-state index in [-0.39, 0.29) is 17.2 Å². The molecule has 128 valence electrons. The van der Waals surface area contributed by atoms with E-state index in [1.165, 1.54) is 11.8 Å². The van der Waals surface area contributed by atoms with Crippen LogP contribution >= 0.6 is 27.7 Å². The number of carbonyl (C=O) groups excluding carboxylic acids is 1. The van der Waals surface area contributed by atoms with Crippen molar-refractivity contribution in [2.75, 3.05) is 19.5 Å². The van der Waals surface area contributed by atoms with Gasteiger partial charge in [0, 0.05) is 17.6 Å². The number of methoxy groups -OCH3 is 1. The van der Waals surface area contributed by atoms with Crippen LogP contribution in [-0.4, -0.2) is 41.0 Å². The number of halogens is 1. The van der Waals surface area contributed by atoms with Crippen molar-refractivity contribution in [3.8, 4) is 0 Å². The second-order valence-corrected chi connectivity index (χ2v) is 7.49. The van der Waals surface area contributed by atoms with Crippen LogP contribution in [0.5, 0.6) is 0 Å². The summed E-state index contributed by atoms with van der Waals surface area (Å²) in [4.78, 5) is 29.2. The average molecular weight is 412 g/mol. The lowest BCUT2D eigenvalue weighted by atomic mass is 10.2. The molecule has 1 aliphatic rings. The Bertz CT molecular complexity index is 820. The highest BCUT2D eigenvalue weighted by atomic mass is 79.9. The first-order valence-electron chi connectivity index (χ1n) is 7.69. The third-order valence-corrected chi connectivity index (χ3v) is 5.14. The maximum absolute atomic E-state index is 12.8. The number of fused-ring (bicyclic) bond motifs is 1. The van der Waals surface area contributed by atoms with Gasteiger partial charge < -0.3 is 10.1 Å². The number of ether oxygens (including phenoxy) is 1. The highest BCUT2D eigenvalue weighted by Gasteiger charge is 2.23. The van der Waals surface area contributed by atoms with E-state index in [1.807, 2.05) is 6.07 Å². The molecule has 1 aromatic heterocycles. The Morgan fingerprint density at radius 3 is 3.00 bits per heavy atom. The van der Waals surface area contributed by atoms with Crippen molar-refractivity contribution in [2.24, 2.45) is 0 Å². The topological polar surface area (TPSA) is 73.2 Å². The molecule has 2 aromatic rings. The summed E-state index contributed by atoms with van der Waals surface area (Å²) >= 11 is 4.66. The smallest absolute Gasteiger partial charge is 0.262 e. The van der Waals surface area contributed by atoms with Gasteiger partial charge in [0.05, 0.1) is 29.8 Å². The number of benzene rings is 1. The molecule has 1 N–H and O–H groups in total. The fraction of sp³-hybridized carbons (Fsp3) is 0.438. The van der Waals surface area contributed by atoms with Gasteiger partial charge in [-0.05, 0) is 31.0 Å². The maximum atomic E-state index is 12.8. The van der Waals surface area contributed by atoms with E-state index >= 15 is 0 Å². The van der Waals surface area contributed by atoms with Crippen LogP contribution in [0.3, 0.4) is 0 Å². The molecule has 0 spiro atoms. The largest absolute Gasteiger partial charge is 0.383 e. The van der Waals surface area contributed by atoms with Crippen LogP contribution in [0.25, 0.3) is 10.9 Å². The van der Waals surface area contributed by atoms with Gasteiger partial charge in [0.15, 0.2) is 5.16 Å². The van der Waals surface area contributed by atoms with Gasteiger partial charge in [0.1, 0.15) is 0 Å². The van der Waals surface area contributed by atoms with Crippen LogP contribution in [0, 0.1) is 0 Å². The zero-order valence-corrected chi connectivity index (χ0v) is 15.7. The standard InChI is InChI=1S/C16H18BrN3O3S/c1-23-7-6-20-15(22)12-8-10(17)2-5-13(12)19-16(20)24-9-14(21)18-11-3-4-11/h2,5,8,11H,3-4,6-7,9H2,1H3,(H,18,21). The van der Waals surface area contributed by atoms with Gasteiger partial charge in [-0.3, -0.25) is 14.2 Å². The molecule has 1 saturated carbocycles. The lowest BCUT2D eigenvalue weighted by Crippen LogP contribution is -2.29. The predicted molar refractivity (Wildman–Crippen MR) is 97.5 cm³/mol. The molecular weight excluding hydrogens is 394 g/mol. The molecule has 0 unspecified atom stereocenters. The van der Waals surface area contributed by atoms with E-state index in [9.17, 15) is 9.59 Å². The van der Waals surface area contributed by atoms with E-state index in [4.69, 9.17) is 4.74 Å². The van der Waals surface area contributed by atoms with E-state index in [2.05, 4.69) is 26.2 Å². The number of amides is 1. The number of aromatic nitrogens is 2. The van der Waals surface area contributed by atoms with Crippen LogP contribution < -0.4 is 10.9 Å². The fourth-order valence-corrected chi connectivity index (χ4v) is 3.49. The van der Waals surface area contributed by atoms with Gasteiger partial charge in [-0.1, -0.05) is 27.7 Å². The van der Waals surface area contributed by atoms with Crippen molar-refractivity contribution in [1.29, 1.82) is 0 Å². The summed E-state index contributed by atoms with van der Waals surface area (Å²) in [5, 5.41) is 4.03. The van der Waals surface area contributed by atoms with Crippen molar-refractivity contribution in [3.05, 3.63) is 33.0 Å². The Morgan fingerprint density at radius 1 is 1.50 bits per heavy atom. The summed E-state index contributed by atoms with van der Waals surface area (Å²) in [5.41, 5.74) is 0.505. The van der Waals surface area contributed by atoms with Crippen LogP contribution in [-0.2, 0) is 16.1 Å². The van der Waals surface area contributed by atoms with Crippen molar-refractivity contribution in [3.63, 3.8) is 0 Å². The van der Waals surface area contributed by atoms with Crippen molar-refractivity contribution in [2.45, 2.75) is 30.6 Å². The van der Waals surface area contributed by atoms with E-state index in [1.54, 1.807) is 23.8 Å². The Balaban J connectivity index is 1.89. The van der Waals surface area contributed by atoms with Gasteiger partial charge >= 0.3 is 0 Å². The van der Waals surface area contributed by atoms with Crippen molar-refractivity contribution in [1.82, 2.24) is 14.9 Å². The first-order chi connectivity index (χ1) is 11.6. The molecule has 1 aromatic carbocycles. The molecule has 8 heteroatoms. The Kier molecular flexibility index (Phi) is 5.57. The van der Waals surface area contributed by atoms with E-state index in [0.29, 0.717) is 35.3 Å². The zero-order chi connectivity index (χ0) is 17.1. The quantitative estimate of drug-likeness (QED) is 0.558. The number of nitrogens with zero attached hydrogens (tertiary/aromatic N) is 2. The zero-order valence-electron chi connectivity index (χ0n) is 13.3. The average Bonchev–Trinajstić information content (AvgIpc) is 3.37. The lowest BCUT2D eigenvalue weighted by molar-refractivity contribution is -0.118. The summed E-state index contributed by atoms with van der Waals surface area (Å²) in [6.07, 6.45) is 2.11. The number of hydrogen-bond acceptors (Lipinski definition) is 5. The van der Waals surface area contributed by atoms with Crippen molar-refractivity contribution >= 4 is 44.5 Å². The molecule has 1 heterocycles. The predicted octanol–water partition coefficient (Wildman–Crippen LogP) is 2.18. The van der Waals surface area contributed by atoms with Gasteiger partial charge in [-0.2, -0.15) is 0 Å². The summed E-state index contributed by atoms with van der Waals surface area (Å²) in [5.74, 6) is 0.226. The first-order valence-corrected chi connectivity index (χ1v) is 9.47. The van der Waals surface area contributed by atoms with Crippen molar-refractivity contribution < 1.29 is 9.53 Å². The monoisotopic (exact) mass is 411 g/mol. The summed E-state index contributed by atoms with van der Waals surface area (Å²) < 4.78 is 7.50. The minimum absolute atomic E-state index is 0.0223.